The lowest BCUT2D eigenvalue weighted by Gasteiger charge is -2.30. The summed E-state index contributed by atoms with van der Waals surface area (Å²) < 4.78 is 0. The molecule has 1 fully saturated rings. The van der Waals surface area contributed by atoms with Crippen LogP contribution in [-0.2, 0) is 4.79 Å². The number of carbonyl (C=O) groups excluding carboxylic acids is 2. The number of hydrogen-bond donors (Lipinski definition) is 3. The van der Waals surface area contributed by atoms with E-state index in [1.54, 1.807) is 11.8 Å². The minimum Gasteiger partial charge on any atom is -0.351 e. The smallest absolute Gasteiger partial charge is 0.270 e. The third kappa shape index (κ3) is 6.51. The second-order valence-corrected chi connectivity index (χ2v) is 7.69. The van der Waals surface area contributed by atoms with Crippen molar-refractivity contribution in [3.8, 4) is 0 Å². The van der Waals surface area contributed by atoms with E-state index in [9.17, 15) is 19.7 Å². The Labute approximate surface area is 163 Å². The average Bonchev–Trinajstić information content (AvgIpc) is 2.65. The molecule has 3 unspecified atom stereocenters. The van der Waals surface area contributed by atoms with Crippen LogP contribution in [0.4, 0.5) is 5.69 Å². The molecule has 2 amide bonds. The van der Waals surface area contributed by atoms with E-state index in [2.05, 4.69) is 22.9 Å². The van der Waals surface area contributed by atoms with Crippen molar-refractivity contribution in [2.45, 2.75) is 44.3 Å². The van der Waals surface area contributed by atoms with E-state index in [1.165, 1.54) is 24.3 Å². The number of amides is 2. The van der Waals surface area contributed by atoms with Gasteiger partial charge in [-0.2, -0.15) is 11.8 Å². The zero-order valence-electron chi connectivity index (χ0n) is 15.6. The Kier molecular flexibility index (Phi) is 8.05. The second kappa shape index (κ2) is 10.3. The van der Waals surface area contributed by atoms with Crippen molar-refractivity contribution in [2.75, 3.05) is 18.6 Å². The fourth-order valence-corrected chi connectivity index (χ4v) is 3.54. The Hall–Kier alpha value is -2.13. The molecule has 0 bridgehead atoms. The van der Waals surface area contributed by atoms with E-state index < -0.39 is 16.9 Å². The molecule has 1 aliphatic heterocycles. The highest BCUT2D eigenvalue weighted by Crippen LogP contribution is 2.14. The number of rotatable bonds is 8. The minimum atomic E-state index is -0.672. The number of hydrogen-bond acceptors (Lipinski definition) is 6. The largest absolute Gasteiger partial charge is 0.351 e. The van der Waals surface area contributed by atoms with Gasteiger partial charge in [0.2, 0.25) is 5.91 Å². The van der Waals surface area contributed by atoms with Crippen LogP contribution in [0.1, 0.15) is 36.5 Å². The van der Waals surface area contributed by atoms with E-state index in [1.807, 2.05) is 6.26 Å². The van der Waals surface area contributed by atoms with Crippen molar-refractivity contribution in [1.82, 2.24) is 16.0 Å². The molecule has 1 aromatic rings. The van der Waals surface area contributed by atoms with Gasteiger partial charge in [-0.1, -0.05) is 6.07 Å². The van der Waals surface area contributed by atoms with Gasteiger partial charge in [0.1, 0.15) is 6.04 Å². The minimum absolute atomic E-state index is 0.0836. The first-order valence-electron chi connectivity index (χ1n) is 8.98. The van der Waals surface area contributed by atoms with Crippen molar-refractivity contribution in [1.29, 1.82) is 0 Å². The predicted octanol–water partition coefficient (Wildman–Crippen LogP) is 1.70. The van der Waals surface area contributed by atoms with Crippen LogP contribution in [0.3, 0.4) is 0 Å². The number of benzene rings is 1. The van der Waals surface area contributed by atoms with Crippen LogP contribution in [0, 0.1) is 10.1 Å². The molecule has 0 spiro atoms. The highest BCUT2D eigenvalue weighted by molar-refractivity contribution is 7.98. The standard InChI is InChI=1S/C18H26N4O4S/c1-12-10-14(6-8-19-12)20-18(24)16(7-9-27-2)21-17(23)13-4-3-5-15(11-13)22(25)26/h3-5,11-12,14,16,19H,6-10H2,1-2H3,(H,20,24)(H,21,23). The molecule has 3 atom stereocenters. The summed E-state index contributed by atoms with van der Waals surface area (Å²) in [4.78, 5) is 35.6. The summed E-state index contributed by atoms with van der Waals surface area (Å²) in [6.07, 6.45) is 4.13. The molecule has 3 N–H and O–H groups in total. The molecule has 9 heteroatoms. The van der Waals surface area contributed by atoms with Gasteiger partial charge in [-0.25, -0.2) is 0 Å². The van der Waals surface area contributed by atoms with Gasteiger partial charge in [0.25, 0.3) is 11.6 Å². The van der Waals surface area contributed by atoms with Crippen molar-refractivity contribution in [3.05, 3.63) is 39.9 Å². The normalized spacial score (nSPS) is 20.5. The number of nitrogens with one attached hydrogen (secondary N) is 3. The first-order valence-corrected chi connectivity index (χ1v) is 10.4. The fourth-order valence-electron chi connectivity index (χ4n) is 3.07. The maximum atomic E-state index is 12.7. The summed E-state index contributed by atoms with van der Waals surface area (Å²) in [6.45, 7) is 2.93. The quantitative estimate of drug-likeness (QED) is 0.457. The van der Waals surface area contributed by atoms with E-state index in [0.717, 1.165) is 25.1 Å². The monoisotopic (exact) mass is 394 g/mol. The van der Waals surface area contributed by atoms with Crippen molar-refractivity contribution in [3.63, 3.8) is 0 Å². The van der Waals surface area contributed by atoms with Crippen molar-refractivity contribution >= 4 is 29.3 Å². The fraction of sp³-hybridized carbons (Fsp3) is 0.556. The van der Waals surface area contributed by atoms with Crippen LogP contribution in [0.15, 0.2) is 24.3 Å². The van der Waals surface area contributed by atoms with Gasteiger partial charge in [-0.3, -0.25) is 19.7 Å². The maximum absolute atomic E-state index is 12.7. The molecule has 0 radical (unpaired) electrons. The van der Waals surface area contributed by atoms with Crippen molar-refractivity contribution < 1.29 is 14.5 Å². The number of thioether (sulfide) groups is 1. The van der Waals surface area contributed by atoms with Gasteiger partial charge >= 0.3 is 0 Å². The van der Waals surface area contributed by atoms with Crippen LogP contribution in [0.25, 0.3) is 0 Å². The summed E-state index contributed by atoms with van der Waals surface area (Å²) >= 11 is 1.59. The molecule has 1 aromatic carbocycles. The summed E-state index contributed by atoms with van der Waals surface area (Å²) in [7, 11) is 0. The SMILES string of the molecule is CSCCC(NC(=O)c1cccc([N+](=O)[O-])c1)C(=O)NC1CCNC(C)C1. The lowest BCUT2D eigenvalue weighted by molar-refractivity contribution is -0.384. The van der Waals surface area contributed by atoms with Gasteiger partial charge in [-0.15, -0.1) is 0 Å². The van der Waals surface area contributed by atoms with Gasteiger partial charge < -0.3 is 16.0 Å². The average molecular weight is 394 g/mol. The lowest BCUT2D eigenvalue weighted by Crippen LogP contribution is -2.53. The summed E-state index contributed by atoms with van der Waals surface area (Å²) in [5, 5.41) is 20.0. The molecular formula is C18H26N4O4S. The number of piperidine rings is 1. The van der Waals surface area contributed by atoms with Crippen molar-refractivity contribution in [2.24, 2.45) is 0 Å². The van der Waals surface area contributed by atoms with Gasteiger partial charge in [0, 0.05) is 29.8 Å². The Balaban J connectivity index is 2.04. The molecular weight excluding hydrogens is 368 g/mol. The number of nitro benzene ring substituents is 1. The summed E-state index contributed by atoms with van der Waals surface area (Å²) in [5.41, 5.74) is 0.0121. The highest BCUT2D eigenvalue weighted by Gasteiger charge is 2.26. The summed E-state index contributed by atoms with van der Waals surface area (Å²) in [5.74, 6) is 0.0243. The number of nitro groups is 1. The van der Waals surface area contributed by atoms with Gasteiger partial charge in [-0.05, 0) is 50.8 Å². The maximum Gasteiger partial charge on any atom is 0.270 e. The van der Waals surface area contributed by atoms with Crippen LogP contribution >= 0.6 is 11.8 Å². The highest BCUT2D eigenvalue weighted by atomic mass is 32.2. The molecule has 0 saturated carbocycles. The number of carbonyl (C=O) groups is 2. The van der Waals surface area contributed by atoms with Crippen LogP contribution in [0.2, 0.25) is 0 Å². The van der Waals surface area contributed by atoms with E-state index in [0.29, 0.717) is 12.5 Å². The molecule has 0 aliphatic carbocycles. The third-order valence-corrected chi connectivity index (χ3v) is 5.17. The topological polar surface area (TPSA) is 113 Å². The van der Waals surface area contributed by atoms with Crippen LogP contribution in [0.5, 0.6) is 0 Å². The molecule has 27 heavy (non-hydrogen) atoms. The van der Waals surface area contributed by atoms with Gasteiger partial charge in [0.15, 0.2) is 0 Å². The zero-order valence-corrected chi connectivity index (χ0v) is 16.4. The predicted molar refractivity (Wildman–Crippen MR) is 106 cm³/mol. The first kappa shape index (κ1) is 21.2. The summed E-state index contributed by atoms with van der Waals surface area (Å²) in [6, 6.07) is 5.25. The van der Waals surface area contributed by atoms with E-state index in [4.69, 9.17) is 0 Å². The molecule has 1 heterocycles. The number of non-ortho nitro benzene ring substituents is 1. The third-order valence-electron chi connectivity index (χ3n) is 4.52. The van der Waals surface area contributed by atoms with Crippen LogP contribution < -0.4 is 16.0 Å². The number of nitrogens with zero attached hydrogens (tertiary/aromatic N) is 1. The van der Waals surface area contributed by atoms with E-state index in [-0.39, 0.29) is 23.2 Å². The van der Waals surface area contributed by atoms with E-state index >= 15 is 0 Å². The van der Waals surface area contributed by atoms with Gasteiger partial charge in [0.05, 0.1) is 4.92 Å². The molecule has 0 aromatic heterocycles. The zero-order chi connectivity index (χ0) is 19.8. The molecule has 8 nitrogen and oxygen atoms in total. The molecule has 1 saturated heterocycles. The molecule has 2 rings (SSSR count). The Morgan fingerprint density at radius 1 is 1.44 bits per heavy atom. The van der Waals surface area contributed by atoms with Crippen LogP contribution in [-0.4, -0.2) is 53.4 Å². The molecule has 148 valence electrons. The molecule has 1 aliphatic rings. The first-order chi connectivity index (χ1) is 12.9. The Morgan fingerprint density at radius 2 is 2.22 bits per heavy atom. The Bertz CT molecular complexity index is 685. The lowest BCUT2D eigenvalue weighted by atomic mass is 10.00. The second-order valence-electron chi connectivity index (χ2n) is 6.70. The Morgan fingerprint density at radius 3 is 2.89 bits per heavy atom.